The zero-order valence-corrected chi connectivity index (χ0v) is 13.5. The minimum absolute atomic E-state index is 0.123. The molecule has 1 aromatic carbocycles. The van der Waals surface area contributed by atoms with Crippen LogP contribution in [0.25, 0.3) is 11.3 Å². The predicted octanol–water partition coefficient (Wildman–Crippen LogP) is 3.28. The molecule has 0 radical (unpaired) electrons. The summed E-state index contributed by atoms with van der Waals surface area (Å²) >= 11 is 0. The second-order valence-electron chi connectivity index (χ2n) is 6.21. The van der Waals surface area contributed by atoms with Gasteiger partial charge in [-0.05, 0) is 37.6 Å². The summed E-state index contributed by atoms with van der Waals surface area (Å²) < 4.78 is 25.6. The lowest BCUT2D eigenvalue weighted by molar-refractivity contribution is -0.138. The monoisotopic (exact) mass is 331 g/mol. The van der Waals surface area contributed by atoms with E-state index >= 15 is 0 Å². The van der Waals surface area contributed by atoms with E-state index in [1.54, 1.807) is 18.3 Å². The number of nitrogens with zero attached hydrogens (tertiary/aromatic N) is 1. The minimum Gasteiger partial charge on any atom is -0.478 e. The number of carboxylic acids is 1. The van der Waals surface area contributed by atoms with Gasteiger partial charge in [-0.3, -0.25) is 4.98 Å². The Kier molecular flexibility index (Phi) is 4.34. The molecule has 0 spiro atoms. The third-order valence-electron chi connectivity index (χ3n) is 3.83. The van der Waals surface area contributed by atoms with Crippen LogP contribution in [0.2, 0.25) is 0 Å². The highest BCUT2D eigenvalue weighted by molar-refractivity contribution is 5.88. The third-order valence-corrected chi connectivity index (χ3v) is 3.83. The van der Waals surface area contributed by atoms with Crippen LogP contribution in [-0.4, -0.2) is 34.6 Å². The Morgan fingerprint density at radius 2 is 2.08 bits per heavy atom. The molecule has 0 unspecified atom stereocenters. The Bertz CT molecular complexity index is 758. The number of halogens is 1. The molecule has 1 N–H and O–H groups in total. The zero-order valence-electron chi connectivity index (χ0n) is 13.5. The fraction of sp³-hybridized carbons (Fsp3) is 0.333. The summed E-state index contributed by atoms with van der Waals surface area (Å²) in [5, 5.41) is 8.90. The van der Waals surface area contributed by atoms with Gasteiger partial charge >= 0.3 is 5.97 Å². The number of carbonyl (C=O) groups is 1. The van der Waals surface area contributed by atoms with Gasteiger partial charge in [0.05, 0.1) is 18.3 Å². The quantitative estimate of drug-likeness (QED) is 0.931. The zero-order chi connectivity index (χ0) is 17.3. The Balaban J connectivity index is 1.76. The van der Waals surface area contributed by atoms with Gasteiger partial charge in [-0.1, -0.05) is 12.1 Å². The van der Waals surface area contributed by atoms with E-state index in [2.05, 4.69) is 4.98 Å². The van der Waals surface area contributed by atoms with Crippen molar-refractivity contribution < 1.29 is 23.8 Å². The number of aromatic carboxylic acids is 1. The highest BCUT2D eigenvalue weighted by Gasteiger charge is 2.32. The van der Waals surface area contributed by atoms with E-state index in [9.17, 15) is 9.18 Å². The molecule has 6 heteroatoms. The topological polar surface area (TPSA) is 68.7 Å². The lowest BCUT2D eigenvalue weighted by Gasteiger charge is -2.17. The predicted molar refractivity (Wildman–Crippen MR) is 85.2 cm³/mol. The van der Waals surface area contributed by atoms with Gasteiger partial charge in [-0.15, -0.1) is 0 Å². The number of pyridine rings is 1. The number of benzene rings is 1. The largest absolute Gasteiger partial charge is 0.478 e. The summed E-state index contributed by atoms with van der Waals surface area (Å²) in [5.74, 6) is -2.08. The maximum Gasteiger partial charge on any atom is 0.335 e. The molecule has 3 rings (SSSR count). The van der Waals surface area contributed by atoms with Crippen LogP contribution in [0.5, 0.6) is 0 Å². The van der Waals surface area contributed by atoms with Gasteiger partial charge in [0, 0.05) is 18.2 Å². The van der Waals surface area contributed by atoms with E-state index in [0.29, 0.717) is 18.6 Å². The van der Waals surface area contributed by atoms with Crippen LogP contribution in [0.15, 0.2) is 36.5 Å². The van der Waals surface area contributed by atoms with Crippen molar-refractivity contribution in [1.82, 2.24) is 4.98 Å². The molecule has 1 aliphatic rings. The smallest absolute Gasteiger partial charge is 0.335 e. The van der Waals surface area contributed by atoms with Gasteiger partial charge in [0.25, 0.3) is 0 Å². The Labute approximate surface area is 139 Å². The lowest BCUT2D eigenvalue weighted by Crippen LogP contribution is -2.22. The van der Waals surface area contributed by atoms with Crippen molar-refractivity contribution in [3.05, 3.63) is 53.5 Å². The number of rotatable bonds is 4. The van der Waals surface area contributed by atoms with Crippen molar-refractivity contribution in [2.24, 2.45) is 0 Å². The second kappa shape index (κ2) is 6.30. The fourth-order valence-corrected chi connectivity index (χ4v) is 2.70. The van der Waals surface area contributed by atoms with Gasteiger partial charge in [-0.25, -0.2) is 9.18 Å². The molecule has 1 fully saturated rings. The van der Waals surface area contributed by atoms with Crippen molar-refractivity contribution in [2.45, 2.75) is 32.2 Å². The first kappa shape index (κ1) is 16.5. The Morgan fingerprint density at radius 3 is 2.62 bits per heavy atom. The van der Waals surface area contributed by atoms with E-state index in [1.165, 1.54) is 18.2 Å². The normalized spacial score (nSPS) is 19.4. The van der Waals surface area contributed by atoms with E-state index in [-0.39, 0.29) is 17.4 Å². The summed E-state index contributed by atoms with van der Waals surface area (Å²) in [7, 11) is 0. The first-order chi connectivity index (χ1) is 11.3. The van der Waals surface area contributed by atoms with Crippen LogP contribution in [-0.2, 0) is 15.9 Å². The molecule has 0 bridgehead atoms. The molecule has 0 saturated carbocycles. The van der Waals surface area contributed by atoms with Gasteiger partial charge < -0.3 is 14.6 Å². The molecule has 2 aromatic rings. The molecular weight excluding hydrogens is 313 g/mol. The summed E-state index contributed by atoms with van der Waals surface area (Å²) in [4.78, 5) is 15.0. The van der Waals surface area contributed by atoms with E-state index < -0.39 is 17.6 Å². The fourth-order valence-electron chi connectivity index (χ4n) is 2.70. The lowest BCUT2D eigenvalue weighted by atomic mass is 10.1. The van der Waals surface area contributed by atoms with Crippen LogP contribution in [0.3, 0.4) is 0 Å². The minimum atomic E-state index is -1.02. The Morgan fingerprint density at radius 1 is 1.38 bits per heavy atom. The highest BCUT2D eigenvalue weighted by Crippen LogP contribution is 2.26. The van der Waals surface area contributed by atoms with E-state index in [1.807, 2.05) is 13.8 Å². The summed E-state index contributed by atoms with van der Waals surface area (Å²) in [6.45, 7) is 4.15. The van der Waals surface area contributed by atoms with Crippen LogP contribution >= 0.6 is 0 Å². The van der Waals surface area contributed by atoms with Gasteiger partial charge in [0.15, 0.2) is 5.79 Å². The third kappa shape index (κ3) is 3.60. The van der Waals surface area contributed by atoms with Crippen molar-refractivity contribution in [1.29, 1.82) is 0 Å². The van der Waals surface area contributed by atoms with Crippen molar-refractivity contribution >= 4 is 5.97 Å². The average molecular weight is 331 g/mol. The molecule has 5 nitrogen and oxygen atoms in total. The van der Waals surface area contributed by atoms with Crippen molar-refractivity contribution in [3.8, 4) is 11.3 Å². The average Bonchev–Trinajstić information content (AvgIpc) is 2.86. The maximum atomic E-state index is 14.4. The highest BCUT2D eigenvalue weighted by atomic mass is 19.1. The van der Waals surface area contributed by atoms with Gasteiger partial charge in [0.1, 0.15) is 11.5 Å². The number of carboxylic acid groups (broad SMARTS) is 1. The van der Waals surface area contributed by atoms with Crippen LogP contribution in [0.4, 0.5) is 4.39 Å². The molecular formula is C18H18FNO4. The number of hydrogen-bond acceptors (Lipinski definition) is 4. The number of ether oxygens (including phenoxy) is 2. The van der Waals surface area contributed by atoms with Gasteiger partial charge in [-0.2, -0.15) is 0 Å². The molecule has 1 aromatic heterocycles. The van der Waals surface area contributed by atoms with E-state index in [0.717, 1.165) is 5.56 Å². The summed E-state index contributed by atoms with van der Waals surface area (Å²) in [6.07, 6.45) is 2.01. The Hall–Kier alpha value is -2.31. The van der Waals surface area contributed by atoms with E-state index in [4.69, 9.17) is 14.6 Å². The summed E-state index contributed by atoms with van der Waals surface area (Å²) in [6, 6.07) is 7.38. The molecule has 1 aliphatic heterocycles. The first-order valence-corrected chi connectivity index (χ1v) is 7.64. The molecule has 2 heterocycles. The number of aromatic nitrogens is 1. The standard InChI is InChI=1S/C18H18FNO4/c1-18(2)23-10-14(24-18)7-11-8-15(19)16(20-9-11)12-3-5-13(6-4-12)17(21)22/h3-6,8-9,14H,7,10H2,1-2H3,(H,21,22)/t14-/m1/s1. The molecule has 1 saturated heterocycles. The second-order valence-corrected chi connectivity index (χ2v) is 6.21. The summed E-state index contributed by atoms with van der Waals surface area (Å²) in [5.41, 5.74) is 1.60. The van der Waals surface area contributed by atoms with Crippen molar-refractivity contribution in [3.63, 3.8) is 0 Å². The van der Waals surface area contributed by atoms with Gasteiger partial charge in [0.2, 0.25) is 0 Å². The number of hydrogen-bond donors (Lipinski definition) is 1. The van der Waals surface area contributed by atoms with Crippen LogP contribution in [0, 0.1) is 5.82 Å². The molecule has 1 atom stereocenters. The molecule has 126 valence electrons. The molecule has 0 amide bonds. The SMILES string of the molecule is CC1(C)OC[C@@H](Cc2cnc(-c3ccc(C(=O)O)cc3)c(F)c2)O1. The molecule has 0 aliphatic carbocycles. The molecule has 24 heavy (non-hydrogen) atoms. The van der Waals surface area contributed by atoms with Crippen LogP contribution in [0.1, 0.15) is 29.8 Å². The van der Waals surface area contributed by atoms with Crippen LogP contribution < -0.4 is 0 Å². The first-order valence-electron chi connectivity index (χ1n) is 7.64. The maximum absolute atomic E-state index is 14.4. The van der Waals surface area contributed by atoms with Crippen molar-refractivity contribution in [2.75, 3.05) is 6.61 Å².